The summed E-state index contributed by atoms with van der Waals surface area (Å²) in [5, 5.41) is 0. The Balaban J connectivity index is 1.73. The molecule has 0 heteroatoms. The number of benzene rings is 3. The molecule has 0 unspecified atom stereocenters. The van der Waals surface area contributed by atoms with Crippen molar-refractivity contribution in [1.82, 2.24) is 0 Å². The number of fused-ring (bicyclic) bond motifs is 3. The average molecular weight is 467 g/mol. The summed E-state index contributed by atoms with van der Waals surface area (Å²) < 4.78 is 0. The monoisotopic (exact) mass is 466 g/mol. The van der Waals surface area contributed by atoms with E-state index < -0.39 is 0 Å². The number of rotatable bonds is 11. The van der Waals surface area contributed by atoms with Crippen molar-refractivity contribution < 1.29 is 0 Å². The number of hydrogen-bond acceptors (Lipinski definition) is 0. The Kier molecular flexibility index (Phi) is 8.20. The Hall–Kier alpha value is -2.34. The van der Waals surface area contributed by atoms with Crippen LogP contribution >= 0.6 is 0 Å². The molecule has 0 aromatic heterocycles. The van der Waals surface area contributed by atoms with Gasteiger partial charge in [-0.3, -0.25) is 0 Å². The normalized spacial score (nSPS) is 13.7. The van der Waals surface area contributed by atoms with E-state index in [0.29, 0.717) is 0 Å². The molecule has 0 radical (unpaired) electrons. The van der Waals surface area contributed by atoms with Crippen LogP contribution in [0.4, 0.5) is 0 Å². The summed E-state index contributed by atoms with van der Waals surface area (Å²) >= 11 is 0. The highest BCUT2D eigenvalue weighted by Crippen LogP contribution is 2.50. The highest BCUT2D eigenvalue weighted by molar-refractivity contribution is 5.84. The third-order valence-electron chi connectivity index (χ3n) is 8.30. The van der Waals surface area contributed by atoms with Crippen molar-refractivity contribution in [3.63, 3.8) is 0 Å². The summed E-state index contributed by atoms with van der Waals surface area (Å²) in [4.78, 5) is 0. The van der Waals surface area contributed by atoms with E-state index in [2.05, 4.69) is 90.1 Å². The van der Waals surface area contributed by atoms with Crippen molar-refractivity contribution in [1.29, 1.82) is 0 Å². The maximum atomic E-state index is 2.55. The zero-order chi connectivity index (χ0) is 25.0. The topological polar surface area (TPSA) is 0 Å². The molecule has 3 aromatic carbocycles. The van der Waals surface area contributed by atoms with E-state index in [1.807, 2.05) is 0 Å². The van der Waals surface area contributed by atoms with Gasteiger partial charge in [0.1, 0.15) is 0 Å². The average Bonchev–Trinajstić information content (AvgIpc) is 3.06. The first kappa shape index (κ1) is 25.7. The minimum absolute atomic E-state index is 0.0433. The third kappa shape index (κ3) is 5.42. The van der Waals surface area contributed by atoms with E-state index >= 15 is 0 Å². The van der Waals surface area contributed by atoms with Crippen LogP contribution in [0.25, 0.3) is 22.3 Å². The fraction of sp³-hybridized carbons (Fsp3) is 0.486. The van der Waals surface area contributed by atoms with Crippen LogP contribution < -0.4 is 0 Å². The molecule has 0 atom stereocenters. The molecule has 0 spiro atoms. The highest BCUT2D eigenvalue weighted by atomic mass is 14.4. The number of hydrogen-bond donors (Lipinski definition) is 0. The summed E-state index contributed by atoms with van der Waals surface area (Å²) in [7, 11) is 0. The molecule has 0 saturated heterocycles. The van der Waals surface area contributed by atoms with Crippen LogP contribution in [0, 0.1) is 13.8 Å². The van der Waals surface area contributed by atoms with Gasteiger partial charge in [0.25, 0.3) is 0 Å². The molecule has 0 aliphatic heterocycles. The second kappa shape index (κ2) is 11.2. The lowest BCUT2D eigenvalue weighted by Crippen LogP contribution is -2.15. The zero-order valence-corrected chi connectivity index (χ0v) is 23.2. The molecular formula is C35H46. The standard InChI is InChI=1S/C35H46/c1-7-9-11-13-15-27-23-32(28(22-26(27)4)16-14-12-10-8-2)29-18-20-31-30-19-17-25(3)21-33(30)35(5,6)34(31)24-29/h17-24H,7-16H2,1-6H3. The van der Waals surface area contributed by atoms with Crippen LogP contribution in [0.5, 0.6) is 0 Å². The Labute approximate surface area is 215 Å². The maximum Gasteiger partial charge on any atom is 0.0159 e. The molecule has 1 aliphatic rings. The van der Waals surface area contributed by atoms with Crippen molar-refractivity contribution >= 4 is 0 Å². The van der Waals surface area contributed by atoms with Gasteiger partial charge in [-0.05, 0) is 95.7 Å². The number of unbranched alkanes of at least 4 members (excludes halogenated alkanes) is 6. The van der Waals surface area contributed by atoms with Crippen molar-refractivity contribution in [3.05, 3.63) is 81.9 Å². The Bertz CT molecular complexity index is 1160. The van der Waals surface area contributed by atoms with Gasteiger partial charge in [-0.1, -0.05) is 114 Å². The third-order valence-corrected chi connectivity index (χ3v) is 8.30. The fourth-order valence-electron chi connectivity index (χ4n) is 6.06. The van der Waals surface area contributed by atoms with E-state index in [0.717, 1.165) is 0 Å². The van der Waals surface area contributed by atoms with Gasteiger partial charge in [0.05, 0.1) is 0 Å². The van der Waals surface area contributed by atoms with Gasteiger partial charge >= 0.3 is 0 Å². The molecule has 0 fully saturated rings. The number of aryl methyl sites for hydroxylation is 4. The van der Waals surface area contributed by atoms with E-state index in [1.165, 1.54) is 109 Å². The van der Waals surface area contributed by atoms with E-state index in [4.69, 9.17) is 0 Å². The second-order valence-electron chi connectivity index (χ2n) is 11.5. The minimum Gasteiger partial charge on any atom is -0.0654 e. The van der Waals surface area contributed by atoms with Crippen LogP contribution in [0.1, 0.15) is 112 Å². The molecule has 0 heterocycles. The first-order chi connectivity index (χ1) is 16.9. The molecule has 4 rings (SSSR count). The van der Waals surface area contributed by atoms with Gasteiger partial charge in [0, 0.05) is 5.41 Å². The van der Waals surface area contributed by atoms with E-state index in [1.54, 1.807) is 11.1 Å². The van der Waals surface area contributed by atoms with Gasteiger partial charge in [-0.2, -0.15) is 0 Å². The quantitative estimate of drug-likeness (QED) is 0.246. The molecule has 0 saturated carbocycles. The Morgan fingerprint density at radius 3 is 1.83 bits per heavy atom. The van der Waals surface area contributed by atoms with Gasteiger partial charge in [0.15, 0.2) is 0 Å². The highest BCUT2D eigenvalue weighted by Gasteiger charge is 2.35. The second-order valence-corrected chi connectivity index (χ2v) is 11.5. The first-order valence-corrected chi connectivity index (χ1v) is 14.3. The van der Waals surface area contributed by atoms with Gasteiger partial charge in [0.2, 0.25) is 0 Å². The SMILES string of the molecule is CCCCCCc1cc(-c2ccc3c(c2)C(C)(C)c2cc(C)ccc2-3)c(CCCCCC)cc1C. The zero-order valence-electron chi connectivity index (χ0n) is 23.2. The summed E-state index contributed by atoms with van der Waals surface area (Å²) in [6, 6.07) is 19.4. The van der Waals surface area contributed by atoms with Crippen LogP contribution in [0.3, 0.4) is 0 Å². The molecule has 0 amide bonds. The smallest absolute Gasteiger partial charge is 0.0159 e. The minimum atomic E-state index is 0.0433. The van der Waals surface area contributed by atoms with Crippen LogP contribution in [-0.2, 0) is 18.3 Å². The van der Waals surface area contributed by atoms with Gasteiger partial charge in [-0.25, -0.2) is 0 Å². The lowest BCUT2D eigenvalue weighted by Gasteiger charge is -2.23. The molecule has 0 bridgehead atoms. The van der Waals surface area contributed by atoms with Crippen LogP contribution in [0.15, 0.2) is 48.5 Å². The summed E-state index contributed by atoms with van der Waals surface area (Å²) in [6.45, 7) is 13.9. The summed E-state index contributed by atoms with van der Waals surface area (Å²) in [6.07, 6.45) is 12.9. The fourth-order valence-corrected chi connectivity index (χ4v) is 6.06. The van der Waals surface area contributed by atoms with Gasteiger partial charge in [-0.15, -0.1) is 0 Å². The summed E-state index contributed by atoms with van der Waals surface area (Å²) in [5.74, 6) is 0. The van der Waals surface area contributed by atoms with Crippen molar-refractivity contribution in [2.24, 2.45) is 0 Å². The lowest BCUT2D eigenvalue weighted by molar-refractivity contribution is 0.659. The molecule has 0 N–H and O–H groups in total. The maximum absolute atomic E-state index is 2.55. The molecule has 0 nitrogen and oxygen atoms in total. The first-order valence-electron chi connectivity index (χ1n) is 14.3. The predicted octanol–water partition coefficient (Wildman–Crippen LogP) is 10.5. The van der Waals surface area contributed by atoms with Crippen molar-refractivity contribution in [2.45, 2.75) is 111 Å². The van der Waals surface area contributed by atoms with Crippen molar-refractivity contribution in [3.8, 4) is 22.3 Å². The largest absolute Gasteiger partial charge is 0.0654 e. The van der Waals surface area contributed by atoms with Gasteiger partial charge < -0.3 is 0 Å². The molecular weight excluding hydrogens is 420 g/mol. The summed E-state index contributed by atoms with van der Waals surface area (Å²) in [5.41, 5.74) is 14.7. The molecule has 3 aromatic rings. The van der Waals surface area contributed by atoms with E-state index in [-0.39, 0.29) is 5.41 Å². The lowest BCUT2D eigenvalue weighted by atomic mass is 9.80. The van der Waals surface area contributed by atoms with Crippen molar-refractivity contribution in [2.75, 3.05) is 0 Å². The van der Waals surface area contributed by atoms with E-state index in [9.17, 15) is 0 Å². The Morgan fingerprint density at radius 1 is 0.571 bits per heavy atom. The molecule has 186 valence electrons. The van der Waals surface area contributed by atoms with Crippen LogP contribution in [0.2, 0.25) is 0 Å². The Morgan fingerprint density at radius 2 is 1.17 bits per heavy atom. The molecule has 1 aliphatic carbocycles. The predicted molar refractivity (Wildman–Crippen MR) is 155 cm³/mol. The molecule has 35 heavy (non-hydrogen) atoms. The van der Waals surface area contributed by atoms with Crippen LogP contribution in [-0.4, -0.2) is 0 Å².